The molecule has 2 aromatic rings. The fourth-order valence-electron chi connectivity index (χ4n) is 4.20. The second-order valence-electron chi connectivity index (χ2n) is 7.97. The van der Waals surface area contributed by atoms with E-state index in [9.17, 15) is 19.7 Å². The Morgan fingerprint density at radius 2 is 1.87 bits per heavy atom. The highest BCUT2D eigenvalue weighted by molar-refractivity contribution is 6.47. The van der Waals surface area contributed by atoms with E-state index in [1.165, 1.54) is 24.5 Å². The molecule has 2 aromatic carbocycles. The SMILES string of the molecule is O=C(Cc1cccc(CN2CCCC2)c1)N[C@H]1Cc2cccc(C(=O)O)c2OB1O. The minimum Gasteiger partial charge on any atom is -0.534 e. The fourth-order valence-corrected chi connectivity index (χ4v) is 4.20. The number of carbonyl (C=O) groups excluding carboxylic acids is 1. The number of nitrogens with one attached hydrogen (secondary N) is 1. The van der Waals surface area contributed by atoms with Gasteiger partial charge in [0.2, 0.25) is 5.91 Å². The molecule has 0 saturated carbocycles. The lowest BCUT2D eigenvalue weighted by molar-refractivity contribution is -0.120. The maximum absolute atomic E-state index is 12.6. The summed E-state index contributed by atoms with van der Waals surface area (Å²) < 4.78 is 5.44. The molecule has 156 valence electrons. The Morgan fingerprint density at radius 1 is 1.13 bits per heavy atom. The summed E-state index contributed by atoms with van der Waals surface area (Å²) in [5, 5.41) is 22.4. The number of likely N-dealkylation sites (tertiary alicyclic amines) is 1. The molecular weight excluding hydrogens is 383 g/mol. The molecular formula is C22H25BN2O5. The number of carbonyl (C=O) groups is 2. The zero-order valence-electron chi connectivity index (χ0n) is 16.7. The van der Waals surface area contributed by atoms with Crippen molar-refractivity contribution in [3.8, 4) is 5.75 Å². The number of nitrogens with zero attached hydrogens (tertiary/aromatic N) is 1. The van der Waals surface area contributed by atoms with E-state index in [1.807, 2.05) is 12.1 Å². The van der Waals surface area contributed by atoms with Crippen LogP contribution in [0.15, 0.2) is 42.5 Å². The van der Waals surface area contributed by atoms with Gasteiger partial charge >= 0.3 is 13.1 Å². The van der Waals surface area contributed by atoms with Crippen molar-refractivity contribution in [2.75, 3.05) is 13.1 Å². The molecule has 0 aromatic heterocycles. The number of para-hydroxylation sites is 1. The molecule has 1 saturated heterocycles. The number of fused-ring (bicyclic) bond motifs is 1. The molecule has 0 unspecified atom stereocenters. The molecule has 4 rings (SSSR count). The summed E-state index contributed by atoms with van der Waals surface area (Å²) in [4.78, 5) is 26.3. The lowest BCUT2D eigenvalue weighted by Crippen LogP contribution is -2.53. The molecule has 30 heavy (non-hydrogen) atoms. The number of carboxylic acids is 1. The van der Waals surface area contributed by atoms with E-state index in [0.717, 1.165) is 25.2 Å². The normalized spacial score (nSPS) is 18.6. The van der Waals surface area contributed by atoms with Crippen LogP contribution < -0.4 is 9.97 Å². The Bertz CT molecular complexity index is 945. The van der Waals surface area contributed by atoms with Crippen molar-refractivity contribution in [3.63, 3.8) is 0 Å². The highest BCUT2D eigenvalue weighted by Crippen LogP contribution is 2.30. The minimum atomic E-state index is -1.30. The first-order valence-electron chi connectivity index (χ1n) is 10.3. The molecule has 7 nitrogen and oxygen atoms in total. The van der Waals surface area contributed by atoms with Gasteiger partial charge in [-0.05, 0) is 55.1 Å². The first kappa shape index (κ1) is 20.4. The van der Waals surface area contributed by atoms with Crippen LogP contribution in [-0.4, -0.2) is 53.1 Å². The minimum absolute atomic E-state index is 0.00569. The summed E-state index contributed by atoms with van der Waals surface area (Å²) in [7, 11) is -1.30. The number of aromatic carboxylic acids is 1. The number of carboxylic acid groups (broad SMARTS) is 1. The van der Waals surface area contributed by atoms with Crippen molar-refractivity contribution in [1.82, 2.24) is 10.2 Å². The zero-order valence-corrected chi connectivity index (χ0v) is 16.7. The summed E-state index contributed by atoms with van der Waals surface area (Å²) in [6.07, 6.45) is 2.99. The number of benzene rings is 2. The molecule has 2 aliphatic heterocycles. The van der Waals surface area contributed by atoms with Gasteiger partial charge in [-0.25, -0.2) is 4.79 Å². The standard InChI is InChI=1S/C22H25BN2O5/c26-20(12-15-5-3-6-16(11-15)14-25-9-1-2-10-25)24-19-13-17-7-4-8-18(22(27)28)21(17)30-23(19)29/h3-8,11,19,29H,1-2,9-10,12-14H2,(H,24,26)(H,27,28)/t19-/m0/s1. The third-order valence-electron chi connectivity index (χ3n) is 5.66. The Labute approximate surface area is 175 Å². The Balaban J connectivity index is 1.38. The van der Waals surface area contributed by atoms with Crippen LogP contribution in [0.25, 0.3) is 0 Å². The lowest BCUT2D eigenvalue weighted by Gasteiger charge is -2.29. The van der Waals surface area contributed by atoms with Gasteiger partial charge in [-0.2, -0.15) is 0 Å². The summed E-state index contributed by atoms with van der Waals surface area (Å²) in [6, 6.07) is 12.8. The van der Waals surface area contributed by atoms with E-state index < -0.39 is 19.0 Å². The Kier molecular flexibility index (Phi) is 6.06. The first-order valence-corrected chi connectivity index (χ1v) is 10.3. The molecule has 0 spiro atoms. The summed E-state index contributed by atoms with van der Waals surface area (Å²) in [6.45, 7) is 3.14. The monoisotopic (exact) mass is 408 g/mol. The van der Waals surface area contributed by atoms with Gasteiger partial charge in [0, 0.05) is 6.54 Å². The molecule has 0 aliphatic carbocycles. The third-order valence-corrected chi connectivity index (χ3v) is 5.66. The summed E-state index contributed by atoms with van der Waals surface area (Å²) >= 11 is 0. The maximum Gasteiger partial charge on any atom is 0.547 e. The van der Waals surface area contributed by atoms with Gasteiger partial charge in [0.1, 0.15) is 5.75 Å². The summed E-state index contributed by atoms with van der Waals surface area (Å²) in [5.41, 5.74) is 2.77. The number of rotatable bonds is 6. The van der Waals surface area contributed by atoms with Crippen molar-refractivity contribution < 1.29 is 24.4 Å². The van der Waals surface area contributed by atoms with E-state index in [0.29, 0.717) is 12.0 Å². The smallest absolute Gasteiger partial charge is 0.534 e. The zero-order chi connectivity index (χ0) is 21.1. The van der Waals surface area contributed by atoms with Gasteiger partial charge in [0.15, 0.2) is 0 Å². The molecule has 2 aliphatic rings. The van der Waals surface area contributed by atoms with Gasteiger partial charge < -0.3 is 20.1 Å². The third kappa shape index (κ3) is 4.66. The molecule has 0 bridgehead atoms. The predicted octanol–water partition coefficient (Wildman–Crippen LogP) is 1.66. The summed E-state index contributed by atoms with van der Waals surface area (Å²) in [5.74, 6) is -1.80. The van der Waals surface area contributed by atoms with E-state index in [1.54, 1.807) is 12.1 Å². The average Bonchev–Trinajstić information content (AvgIpc) is 3.21. The predicted molar refractivity (Wildman–Crippen MR) is 112 cm³/mol. The van der Waals surface area contributed by atoms with Crippen LogP contribution in [-0.2, 0) is 24.2 Å². The largest absolute Gasteiger partial charge is 0.547 e. The highest BCUT2D eigenvalue weighted by atomic mass is 16.5. The van der Waals surface area contributed by atoms with Crippen molar-refractivity contribution in [3.05, 3.63) is 64.7 Å². The van der Waals surface area contributed by atoms with E-state index >= 15 is 0 Å². The Hall–Kier alpha value is -2.84. The second kappa shape index (κ2) is 8.89. The van der Waals surface area contributed by atoms with Crippen molar-refractivity contribution in [2.24, 2.45) is 0 Å². The van der Waals surface area contributed by atoms with E-state index in [-0.39, 0.29) is 23.6 Å². The van der Waals surface area contributed by atoms with Crippen LogP contribution in [0.2, 0.25) is 0 Å². The number of hydrogen-bond acceptors (Lipinski definition) is 5. The van der Waals surface area contributed by atoms with Crippen LogP contribution in [0.5, 0.6) is 5.75 Å². The fraction of sp³-hybridized carbons (Fsp3) is 0.364. The first-order chi connectivity index (χ1) is 14.5. The topological polar surface area (TPSA) is 99.1 Å². The van der Waals surface area contributed by atoms with Crippen molar-refractivity contribution >= 4 is 19.0 Å². The molecule has 1 atom stereocenters. The van der Waals surface area contributed by atoms with Crippen LogP contribution in [0.1, 0.15) is 39.9 Å². The highest BCUT2D eigenvalue weighted by Gasteiger charge is 2.37. The van der Waals surface area contributed by atoms with Gasteiger partial charge in [0.05, 0.1) is 17.9 Å². The van der Waals surface area contributed by atoms with Crippen molar-refractivity contribution in [1.29, 1.82) is 0 Å². The Morgan fingerprint density at radius 3 is 2.63 bits per heavy atom. The molecule has 1 amide bonds. The number of amides is 1. The van der Waals surface area contributed by atoms with Gasteiger partial charge in [-0.15, -0.1) is 0 Å². The van der Waals surface area contributed by atoms with Crippen LogP contribution in [0.4, 0.5) is 0 Å². The van der Waals surface area contributed by atoms with Gasteiger partial charge in [-0.3, -0.25) is 9.69 Å². The van der Waals surface area contributed by atoms with Crippen LogP contribution in [0, 0.1) is 0 Å². The van der Waals surface area contributed by atoms with Crippen LogP contribution in [0.3, 0.4) is 0 Å². The second-order valence-corrected chi connectivity index (χ2v) is 7.97. The quantitative estimate of drug-likeness (QED) is 0.629. The van der Waals surface area contributed by atoms with E-state index in [2.05, 4.69) is 22.3 Å². The molecule has 1 fully saturated rings. The van der Waals surface area contributed by atoms with E-state index in [4.69, 9.17) is 4.65 Å². The molecule has 3 N–H and O–H groups in total. The molecule has 8 heteroatoms. The van der Waals surface area contributed by atoms with Gasteiger partial charge in [0.25, 0.3) is 0 Å². The van der Waals surface area contributed by atoms with Gasteiger partial charge in [-0.1, -0.05) is 36.4 Å². The van der Waals surface area contributed by atoms with Crippen molar-refractivity contribution in [2.45, 2.75) is 38.2 Å². The number of hydrogen-bond donors (Lipinski definition) is 3. The average molecular weight is 408 g/mol. The lowest BCUT2D eigenvalue weighted by atomic mass is 9.72. The molecule has 0 radical (unpaired) electrons. The molecule has 2 heterocycles. The van der Waals surface area contributed by atoms with Crippen LogP contribution >= 0.6 is 0 Å². The maximum atomic E-state index is 12.6.